The molecule has 0 aromatic heterocycles. The van der Waals surface area contributed by atoms with E-state index in [4.69, 9.17) is 9.84 Å². The number of amides is 2. The van der Waals surface area contributed by atoms with E-state index in [0.29, 0.717) is 5.69 Å². The van der Waals surface area contributed by atoms with Gasteiger partial charge in [0.25, 0.3) is 5.91 Å². The molecular formula is C25H22N2O4. The fourth-order valence-corrected chi connectivity index (χ4v) is 3.66. The number of ether oxygens (including phenoxy) is 1. The van der Waals surface area contributed by atoms with E-state index in [1.54, 1.807) is 31.2 Å². The molecule has 0 saturated carbocycles. The Morgan fingerprint density at radius 3 is 2.06 bits per heavy atom. The van der Waals surface area contributed by atoms with Gasteiger partial charge in [-0.25, -0.2) is 4.79 Å². The lowest BCUT2D eigenvalue weighted by atomic mass is 10.1. The van der Waals surface area contributed by atoms with Crippen LogP contribution in [0.1, 0.15) is 36.1 Å². The van der Waals surface area contributed by atoms with Gasteiger partial charge in [0, 0.05) is 16.8 Å². The maximum atomic E-state index is 12.6. The van der Waals surface area contributed by atoms with Gasteiger partial charge in [-0.1, -0.05) is 67.6 Å². The highest BCUT2D eigenvalue weighted by atomic mass is 16.6. The van der Waals surface area contributed by atoms with Crippen LogP contribution in [0.3, 0.4) is 0 Å². The van der Waals surface area contributed by atoms with E-state index in [2.05, 4.69) is 10.3 Å². The highest BCUT2D eigenvalue weighted by Crippen LogP contribution is 2.45. The van der Waals surface area contributed by atoms with E-state index in [1.807, 2.05) is 48.5 Å². The Bertz CT molecular complexity index is 1110. The number of carbonyl (C=O) groups is 2. The van der Waals surface area contributed by atoms with Crippen LogP contribution in [0.25, 0.3) is 11.1 Å². The summed E-state index contributed by atoms with van der Waals surface area (Å²) in [4.78, 5) is 29.1. The molecule has 2 N–H and O–H groups in total. The SMILES string of the molecule is CCC(=NC(=O)OC1c2ccccc2-c2ccccc21)C(=O)Nc1ccc(CO)cc1. The molecule has 0 bridgehead atoms. The first kappa shape index (κ1) is 20.5. The lowest BCUT2D eigenvalue weighted by molar-refractivity contribution is -0.110. The molecule has 3 aromatic carbocycles. The zero-order chi connectivity index (χ0) is 21.8. The van der Waals surface area contributed by atoms with Crippen LogP contribution in [0.5, 0.6) is 0 Å². The standard InChI is InChI=1S/C25H22N2O4/c1-2-22(24(29)26-17-13-11-16(15-28)12-14-17)27-25(30)31-23-20-9-5-3-7-18(20)19-8-4-6-10-21(19)23/h3-14,23,28H,2,15H2,1H3,(H,26,29). The smallest absolute Gasteiger partial charge is 0.434 e. The number of aliphatic hydroxyl groups is 1. The van der Waals surface area contributed by atoms with Gasteiger partial charge in [-0.2, -0.15) is 4.99 Å². The lowest BCUT2D eigenvalue weighted by Gasteiger charge is -2.14. The second kappa shape index (κ2) is 8.93. The van der Waals surface area contributed by atoms with E-state index < -0.39 is 18.1 Å². The van der Waals surface area contributed by atoms with Crippen LogP contribution >= 0.6 is 0 Å². The Labute approximate surface area is 180 Å². The lowest BCUT2D eigenvalue weighted by Crippen LogP contribution is -2.24. The van der Waals surface area contributed by atoms with Crippen molar-refractivity contribution < 1.29 is 19.4 Å². The number of nitrogens with one attached hydrogen (secondary N) is 1. The fraction of sp³-hybridized carbons (Fsp3) is 0.160. The Hall–Kier alpha value is -3.77. The van der Waals surface area contributed by atoms with E-state index in [1.165, 1.54) is 0 Å². The van der Waals surface area contributed by atoms with Crippen LogP contribution in [0, 0.1) is 0 Å². The third-order valence-corrected chi connectivity index (χ3v) is 5.21. The second-order valence-corrected chi connectivity index (χ2v) is 7.16. The Morgan fingerprint density at radius 2 is 1.52 bits per heavy atom. The number of anilines is 1. The number of aliphatic imine (C=N–C) groups is 1. The molecule has 4 rings (SSSR count). The monoisotopic (exact) mass is 414 g/mol. The minimum Gasteiger partial charge on any atom is -0.435 e. The van der Waals surface area contributed by atoms with Crippen molar-refractivity contribution in [2.24, 2.45) is 4.99 Å². The molecular weight excluding hydrogens is 392 g/mol. The van der Waals surface area contributed by atoms with Crippen LogP contribution < -0.4 is 5.32 Å². The molecule has 6 heteroatoms. The maximum Gasteiger partial charge on any atom is 0.434 e. The highest BCUT2D eigenvalue weighted by molar-refractivity contribution is 6.44. The van der Waals surface area contributed by atoms with Crippen molar-refractivity contribution in [3.05, 3.63) is 89.5 Å². The summed E-state index contributed by atoms with van der Waals surface area (Å²) in [6, 6.07) is 22.3. The summed E-state index contributed by atoms with van der Waals surface area (Å²) >= 11 is 0. The first-order valence-electron chi connectivity index (χ1n) is 10.1. The van der Waals surface area contributed by atoms with Crippen molar-refractivity contribution in [3.8, 4) is 11.1 Å². The van der Waals surface area contributed by atoms with Gasteiger partial charge in [-0.05, 0) is 35.2 Å². The van der Waals surface area contributed by atoms with E-state index in [-0.39, 0.29) is 18.7 Å². The van der Waals surface area contributed by atoms with Gasteiger partial charge in [0.1, 0.15) is 5.71 Å². The van der Waals surface area contributed by atoms with Crippen molar-refractivity contribution >= 4 is 23.4 Å². The van der Waals surface area contributed by atoms with Crippen molar-refractivity contribution in [1.82, 2.24) is 0 Å². The zero-order valence-electron chi connectivity index (χ0n) is 17.0. The molecule has 156 valence electrons. The minimum atomic E-state index is -0.806. The molecule has 0 atom stereocenters. The number of hydrogen-bond donors (Lipinski definition) is 2. The fourth-order valence-electron chi connectivity index (χ4n) is 3.66. The Kier molecular flexibility index (Phi) is 5.91. The van der Waals surface area contributed by atoms with E-state index >= 15 is 0 Å². The molecule has 0 saturated heterocycles. The summed E-state index contributed by atoms with van der Waals surface area (Å²) in [5, 5.41) is 11.8. The Balaban J connectivity index is 1.51. The molecule has 0 unspecified atom stereocenters. The predicted molar refractivity (Wildman–Crippen MR) is 119 cm³/mol. The molecule has 0 fully saturated rings. The summed E-state index contributed by atoms with van der Waals surface area (Å²) < 4.78 is 5.69. The molecule has 0 radical (unpaired) electrons. The summed E-state index contributed by atoms with van der Waals surface area (Å²) in [5.74, 6) is -0.469. The molecule has 6 nitrogen and oxygen atoms in total. The number of benzene rings is 3. The highest BCUT2D eigenvalue weighted by Gasteiger charge is 2.31. The van der Waals surface area contributed by atoms with Gasteiger partial charge in [0.05, 0.1) is 6.61 Å². The third kappa shape index (κ3) is 4.25. The van der Waals surface area contributed by atoms with Crippen LogP contribution in [0.2, 0.25) is 0 Å². The molecule has 31 heavy (non-hydrogen) atoms. The summed E-state index contributed by atoms with van der Waals surface area (Å²) in [6.45, 7) is 1.68. The normalized spacial score (nSPS) is 12.8. The van der Waals surface area contributed by atoms with Gasteiger partial charge in [-0.15, -0.1) is 0 Å². The molecule has 0 heterocycles. The van der Waals surface area contributed by atoms with E-state index in [0.717, 1.165) is 27.8 Å². The summed E-state index contributed by atoms with van der Waals surface area (Å²) in [7, 11) is 0. The molecule has 2 amide bonds. The van der Waals surface area contributed by atoms with Crippen molar-refractivity contribution in [3.63, 3.8) is 0 Å². The van der Waals surface area contributed by atoms with Gasteiger partial charge in [-0.3, -0.25) is 4.79 Å². The van der Waals surface area contributed by atoms with Crippen LogP contribution in [-0.2, 0) is 16.1 Å². The number of carbonyl (C=O) groups excluding carboxylic acids is 2. The number of aliphatic hydroxyl groups excluding tert-OH is 1. The molecule has 1 aliphatic carbocycles. The number of rotatable bonds is 5. The summed E-state index contributed by atoms with van der Waals surface area (Å²) in [6.07, 6.45) is -1.09. The predicted octanol–water partition coefficient (Wildman–Crippen LogP) is 4.88. The average molecular weight is 414 g/mol. The molecule has 3 aromatic rings. The Morgan fingerprint density at radius 1 is 0.935 bits per heavy atom. The van der Waals surface area contributed by atoms with Crippen molar-refractivity contribution in [2.75, 3.05) is 5.32 Å². The van der Waals surface area contributed by atoms with Gasteiger partial charge < -0.3 is 15.2 Å². The van der Waals surface area contributed by atoms with Crippen LogP contribution in [0.15, 0.2) is 77.8 Å². The quantitative estimate of drug-likeness (QED) is 0.583. The first-order chi connectivity index (χ1) is 15.1. The number of nitrogens with zero attached hydrogens (tertiary/aromatic N) is 1. The second-order valence-electron chi connectivity index (χ2n) is 7.16. The molecule has 0 aliphatic heterocycles. The van der Waals surface area contributed by atoms with E-state index in [9.17, 15) is 9.59 Å². The zero-order valence-corrected chi connectivity index (χ0v) is 17.0. The van der Waals surface area contributed by atoms with Gasteiger partial charge in [0.15, 0.2) is 6.10 Å². The maximum absolute atomic E-state index is 12.6. The summed E-state index contributed by atoms with van der Waals surface area (Å²) in [5.41, 5.74) is 5.23. The average Bonchev–Trinajstić information content (AvgIpc) is 3.11. The topological polar surface area (TPSA) is 88.0 Å². The van der Waals surface area contributed by atoms with Crippen molar-refractivity contribution in [2.45, 2.75) is 26.1 Å². The number of fused-ring (bicyclic) bond motifs is 3. The van der Waals surface area contributed by atoms with Crippen molar-refractivity contribution in [1.29, 1.82) is 0 Å². The number of hydrogen-bond acceptors (Lipinski definition) is 4. The van der Waals surface area contributed by atoms with Crippen LogP contribution in [-0.4, -0.2) is 22.8 Å². The minimum absolute atomic E-state index is 0.0742. The van der Waals surface area contributed by atoms with Gasteiger partial charge in [0.2, 0.25) is 0 Å². The third-order valence-electron chi connectivity index (χ3n) is 5.21. The molecule has 1 aliphatic rings. The largest absolute Gasteiger partial charge is 0.435 e. The van der Waals surface area contributed by atoms with Crippen LogP contribution in [0.4, 0.5) is 10.5 Å². The first-order valence-corrected chi connectivity index (χ1v) is 10.1. The molecule has 0 spiro atoms. The van der Waals surface area contributed by atoms with Gasteiger partial charge >= 0.3 is 6.09 Å².